The number of hydrogen-bond donors (Lipinski definition) is 2. The van der Waals surface area contributed by atoms with Gasteiger partial charge in [-0.05, 0) is 12.8 Å². The minimum Gasteiger partial charge on any atom is -0.481 e. The molecule has 1 aliphatic heterocycles. The molecule has 1 saturated carbocycles. The molecule has 5 nitrogen and oxygen atoms in total. The largest absolute Gasteiger partial charge is 0.481 e. The molecule has 1 aliphatic carbocycles. The van der Waals surface area contributed by atoms with Gasteiger partial charge in [-0.15, -0.1) is 0 Å². The van der Waals surface area contributed by atoms with Crippen LogP contribution in [0.5, 0.6) is 0 Å². The summed E-state index contributed by atoms with van der Waals surface area (Å²) in [6.45, 7) is -0.345. The van der Waals surface area contributed by atoms with Crippen molar-refractivity contribution >= 4 is 11.9 Å². The Labute approximate surface area is 126 Å². The van der Waals surface area contributed by atoms with Crippen LogP contribution in [0.1, 0.15) is 32.1 Å². The van der Waals surface area contributed by atoms with Gasteiger partial charge in [-0.1, -0.05) is 12.8 Å². The smallest absolute Gasteiger partial charge is 0.393 e. The van der Waals surface area contributed by atoms with Crippen LogP contribution in [0.4, 0.5) is 13.2 Å². The van der Waals surface area contributed by atoms with Crippen molar-refractivity contribution in [3.63, 3.8) is 0 Å². The highest BCUT2D eigenvalue weighted by atomic mass is 19.4. The summed E-state index contributed by atoms with van der Waals surface area (Å²) in [5, 5.41) is 11.8. The third-order valence-electron chi connectivity index (χ3n) is 4.51. The molecule has 0 unspecified atom stereocenters. The van der Waals surface area contributed by atoms with E-state index in [0.29, 0.717) is 0 Å². The first-order valence-corrected chi connectivity index (χ1v) is 7.58. The molecular formula is C14H21F3N2O3. The van der Waals surface area contributed by atoms with Crippen molar-refractivity contribution in [2.24, 2.45) is 11.8 Å². The maximum absolute atomic E-state index is 12.8. The van der Waals surface area contributed by atoms with Gasteiger partial charge in [0.25, 0.3) is 0 Å². The Hall–Kier alpha value is -1.31. The summed E-state index contributed by atoms with van der Waals surface area (Å²) in [6.07, 6.45) is -0.341. The van der Waals surface area contributed by atoms with E-state index < -0.39 is 24.0 Å². The number of amides is 1. The van der Waals surface area contributed by atoms with Gasteiger partial charge in [-0.2, -0.15) is 13.2 Å². The molecule has 2 atom stereocenters. The predicted molar refractivity (Wildman–Crippen MR) is 72.1 cm³/mol. The van der Waals surface area contributed by atoms with Crippen LogP contribution in [0.3, 0.4) is 0 Å². The van der Waals surface area contributed by atoms with Crippen LogP contribution in [0.2, 0.25) is 0 Å². The zero-order valence-corrected chi connectivity index (χ0v) is 12.2. The highest BCUT2D eigenvalue weighted by molar-refractivity contribution is 5.76. The number of likely N-dealkylation sites (tertiary alicyclic amines) is 1. The molecule has 0 spiro atoms. The highest BCUT2D eigenvalue weighted by Crippen LogP contribution is 2.37. The number of carboxylic acids is 1. The van der Waals surface area contributed by atoms with Gasteiger partial charge in [0.05, 0.1) is 11.8 Å². The van der Waals surface area contributed by atoms with Crippen molar-refractivity contribution in [2.75, 3.05) is 19.6 Å². The van der Waals surface area contributed by atoms with E-state index in [-0.39, 0.29) is 38.0 Å². The number of rotatable bonds is 5. The van der Waals surface area contributed by atoms with Crippen LogP contribution in [0.15, 0.2) is 0 Å². The SMILES string of the molecule is O=C(CCN1C[C@@H](C(F)(F)F)[C@H](C(=O)O)C1)NC1CCCC1. The van der Waals surface area contributed by atoms with E-state index in [1.165, 1.54) is 4.90 Å². The molecule has 0 bridgehead atoms. The van der Waals surface area contributed by atoms with Crippen LogP contribution in [-0.2, 0) is 9.59 Å². The minimum absolute atomic E-state index is 0.105. The quantitative estimate of drug-likeness (QED) is 0.807. The van der Waals surface area contributed by atoms with Gasteiger partial charge in [-0.3, -0.25) is 9.59 Å². The van der Waals surface area contributed by atoms with Gasteiger partial charge in [0.2, 0.25) is 5.91 Å². The Kier molecular flexibility index (Phi) is 5.31. The van der Waals surface area contributed by atoms with E-state index in [1.54, 1.807) is 0 Å². The molecule has 2 N–H and O–H groups in total. The van der Waals surface area contributed by atoms with Crippen LogP contribution in [-0.4, -0.2) is 53.7 Å². The molecule has 0 aromatic heterocycles. The van der Waals surface area contributed by atoms with Gasteiger partial charge >= 0.3 is 12.1 Å². The fourth-order valence-corrected chi connectivity index (χ4v) is 3.28. The maximum atomic E-state index is 12.8. The van der Waals surface area contributed by atoms with Crippen LogP contribution >= 0.6 is 0 Å². The maximum Gasteiger partial charge on any atom is 0.393 e. The summed E-state index contributed by atoms with van der Waals surface area (Å²) < 4.78 is 38.5. The Balaban J connectivity index is 1.80. The molecule has 0 aromatic carbocycles. The summed E-state index contributed by atoms with van der Waals surface area (Å²) in [5.74, 6) is -4.91. The number of carbonyl (C=O) groups is 2. The van der Waals surface area contributed by atoms with E-state index in [1.807, 2.05) is 0 Å². The summed E-state index contributed by atoms with van der Waals surface area (Å²) in [4.78, 5) is 24.2. The van der Waals surface area contributed by atoms with Crippen LogP contribution in [0.25, 0.3) is 0 Å². The summed E-state index contributed by atoms with van der Waals surface area (Å²) in [5.41, 5.74) is 0. The summed E-state index contributed by atoms with van der Waals surface area (Å²) in [7, 11) is 0. The molecule has 2 fully saturated rings. The summed E-state index contributed by atoms with van der Waals surface area (Å²) >= 11 is 0. The van der Waals surface area contributed by atoms with Crippen molar-refractivity contribution in [2.45, 2.75) is 44.3 Å². The predicted octanol–water partition coefficient (Wildman–Crippen LogP) is 1.63. The lowest BCUT2D eigenvalue weighted by Gasteiger charge is -2.18. The molecule has 2 aliphatic rings. The van der Waals surface area contributed by atoms with Crippen molar-refractivity contribution in [1.82, 2.24) is 10.2 Å². The van der Waals surface area contributed by atoms with Gasteiger partial charge in [0.15, 0.2) is 0 Å². The molecule has 8 heteroatoms. The van der Waals surface area contributed by atoms with Crippen LogP contribution in [0, 0.1) is 11.8 Å². The van der Waals surface area contributed by atoms with Crippen molar-refractivity contribution < 1.29 is 27.9 Å². The Morgan fingerprint density at radius 1 is 1.18 bits per heavy atom. The first kappa shape index (κ1) is 17.1. The van der Waals surface area contributed by atoms with E-state index >= 15 is 0 Å². The van der Waals surface area contributed by atoms with E-state index in [2.05, 4.69) is 5.32 Å². The lowest BCUT2D eigenvalue weighted by Crippen LogP contribution is -2.35. The van der Waals surface area contributed by atoms with Gasteiger partial charge in [0.1, 0.15) is 0 Å². The number of carbonyl (C=O) groups excluding carboxylic acids is 1. The number of nitrogens with zero attached hydrogens (tertiary/aromatic N) is 1. The monoisotopic (exact) mass is 322 g/mol. The fraction of sp³-hybridized carbons (Fsp3) is 0.857. The van der Waals surface area contributed by atoms with Gasteiger partial charge in [0, 0.05) is 32.1 Å². The first-order valence-electron chi connectivity index (χ1n) is 7.58. The first-order chi connectivity index (χ1) is 10.3. The average Bonchev–Trinajstić information content (AvgIpc) is 3.04. The molecule has 1 heterocycles. The molecule has 0 radical (unpaired) electrons. The Morgan fingerprint density at radius 3 is 2.32 bits per heavy atom. The lowest BCUT2D eigenvalue weighted by atomic mass is 9.96. The number of aliphatic carboxylic acids is 1. The second-order valence-corrected chi connectivity index (χ2v) is 6.15. The minimum atomic E-state index is -4.52. The van der Waals surface area contributed by atoms with Crippen molar-refractivity contribution in [3.05, 3.63) is 0 Å². The Bertz CT molecular complexity index is 422. The molecule has 126 valence electrons. The third-order valence-corrected chi connectivity index (χ3v) is 4.51. The number of hydrogen-bond acceptors (Lipinski definition) is 3. The Morgan fingerprint density at radius 2 is 1.82 bits per heavy atom. The second-order valence-electron chi connectivity index (χ2n) is 6.15. The molecule has 1 saturated heterocycles. The second kappa shape index (κ2) is 6.85. The number of alkyl halides is 3. The lowest BCUT2D eigenvalue weighted by molar-refractivity contribution is -0.188. The zero-order valence-electron chi connectivity index (χ0n) is 12.2. The average molecular weight is 322 g/mol. The van der Waals surface area contributed by atoms with E-state index in [9.17, 15) is 22.8 Å². The number of halogens is 3. The molecule has 0 aromatic rings. The normalized spacial score (nSPS) is 27.2. The standard InChI is InChI=1S/C14H21F3N2O3/c15-14(16,17)11-8-19(7-10(11)13(21)22)6-5-12(20)18-9-3-1-2-4-9/h9-11H,1-8H2,(H,18,20)(H,21,22)/t10-,11-/m1/s1. The van der Waals surface area contributed by atoms with Crippen molar-refractivity contribution in [1.29, 1.82) is 0 Å². The number of nitrogens with one attached hydrogen (secondary N) is 1. The fourth-order valence-electron chi connectivity index (χ4n) is 3.28. The van der Waals surface area contributed by atoms with E-state index in [0.717, 1.165) is 25.7 Å². The van der Waals surface area contributed by atoms with Gasteiger partial charge < -0.3 is 15.3 Å². The van der Waals surface area contributed by atoms with Crippen LogP contribution < -0.4 is 5.32 Å². The van der Waals surface area contributed by atoms with Crippen molar-refractivity contribution in [3.8, 4) is 0 Å². The summed E-state index contributed by atoms with van der Waals surface area (Å²) in [6, 6.07) is 0.181. The molecule has 22 heavy (non-hydrogen) atoms. The highest BCUT2D eigenvalue weighted by Gasteiger charge is 2.52. The van der Waals surface area contributed by atoms with Gasteiger partial charge in [-0.25, -0.2) is 0 Å². The number of carboxylic acid groups (broad SMARTS) is 1. The molecular weight excluding hydrogens is 301 g/mol. The molecule has 1 amide bonds. The zero-order chi connectivity index (χ0) is 16.3. The van der Waals surface area contributed by atoms with E-state index in [4.69, 9.17) is 5.11 Å². The topological polar surface area (TPSA) is 69.6 Å². The molecule has 2 rings (SSSR count). The third kappa shape index (κ3) is 4.34.